The molecule has 0 atom stereocenters. The molecular weight excluding hydrogens is 189 g/mol. The van der Waals surface area contributed by atoms with Crippen molar-refractivity contribution in [3.05, 3.63) is 12.1 Å². The Morgan fingerprint density at radius 1 is 1.13 bits per heavy atom. The van der Waals surface area contributed by atoms with Crippen LogP contribution in [0.15, 0.2) is 12.1 Å². The molecule has 86 valence electrons. The Hall–Kier alpha value is -0.315. The first-order valence-electron chi connectivity index (χ1n) is 5.34. The van der Waals surface area contributed by atoms with Crippen molar-refractivity contribution >= 4 is 7.12 Å². The van der Waals surface area contributed by atoms with E-state index in [-0.39, 0.29) is 18.3 Å². The molecule has 1 aliphatic rings. The van der Waals surface area contributed by atoms with Gasteiger partial charge in [0, 0.05) is 6.54 Å². The highest BCUT2D eigenvalue weighted by molar-refractivity contribution is 6.54. The first-order valence-corrected chi connectivity index (χ1v) is 5.34. The third-order valence-electron chi connectivity index (χ3n) is 3.11. The van der Waals surface area contributed by atoms with Gasteiger partial charge in [0.05, 0.1) is 11.2 Å². The van der Waals surface area contributed by atoms with Crippen molar-refractivity contribution in [1.29, 1.82) is 0 Å². The smallest absolute Gasteiger partial charge is 0.400 e. The van der Waals surface area contributed by atoms with Gasteiger partial charge in [-0.25, -0.2) is 0 Å². The van der Waals surface area contributed by atoms with Crippen LogP contribution in [0.25, 0.3) is 0 Å². The molecule has 1 saturated heterocycles. The summed E-state index contributed by atoms with van der Waals surface area (Å²) in [5.41, 5.74) is 0.429. The zero-order chi connectivity index (χ0) is 11.9. The van der Waals surface area contributed by atoms with Gasteiger partial charge in [0.15, 0.2) is 0 Å². The fraction of sp³-hybridized carbons (Fsp3) is 0.818. The van der Waals surface area contributed by atoms with Crippen molar-refractivity contribution in [3.8, 4) is 0 Å². The highest BCUT2D eigenvalue weighted by Crippen LogP contribution is 2.38. The van der Waals surface area contributed by atoms with Crippen molar-refractivity contribution in [2.75, 3.05) is 20.6 Å². The van der Waals surface area contributed by atoms with Gasteiger partial charge in [0.25, 0.3) is 0 Å². The lowest BCUT2D eigenvalue weighted by atomic mass is 9.79. The molecule has 3 nitrogen and oxygen atoms in total. The molecule has 0 saturated carbocycles. The first-order chi connectivity index (χ1) is 6.66. The molecule has 0 amide bonds. The van der Waals surface area contributed by atoms with E-state index in [1.54, 1.807) is 0 Å². The summed E-state index contributed by atoms with van der Waals surface area (Å²) in [6, 6.07) is 0. The standard InChI is InChI=1S/C11H22BNO2/c1-9(8-13(6)7)12-14-10(2,3)11(4,5)15-12/h1,8H2,2-7H3. The summed E-state index contributed by atoms with van der Waals surface area (Å²) in [4.78, 5) is 2.06. The lowest BCUT2D eigenvalue weighted by Gasteiger charge is -2.32. The van der Waals surface area contributed by atoms with E-state index < -0.39 is 0 Å². The SMILES string of the molecule is C=C(CN(C)C)B1OC(C)(C)C(C)(C)O1. The van der Waals surface area contributed by atoms with E-state index in [1.807, 2.05) is 14.1 Å². The zero-order valence-corrected chi connectivity index (χ0v) is 10.8. The molecular formula is C11H22BNO2. The molecule has 1 aliphatic heterocycles. The Labute approximate surface area is 93.6 Å². The fourth-order valence-corrected chi connectivity index (χ4v) is 1.49. The highest BCUT2D eigenvalue weighted by Gasteiger charge is 2.51. The molecule has 0 radical (unpaired) electrons. The number of likely N-dealkylation sites (N-methyl/N-ethyl adjacent to an activating group) is 1. The summed E-state index contributed by atoms with van der Waals surface area (Å²) in [6.45, 7) is 13.0. The largest absolute Gasteiger partial charge is 0.491 e. The van der Waals surface area contributed by atoms with Crippen LogP contribution in [0, 0.1) is 0 Å². The van der Waals surface area contributed by atoms with Crippen molar-refractivity contribution in [2.45, 2.75) is 38.9 Å². The van der Waals surface area contributed by atoms with Crippen LogP contribution in [0.3, 0.4) is 0 Å². The molecule has 0 N–H and O–H groups in total. The van der Waals surface area contributed by atoms with E-state index in [9.17, 15) is 0 Å². The van der Waals surface area contributed by atoms with Gasteiger partial charge in [-0.05, 0) is 47.3 Å². The monoisotopic (exact) mass is 211 g/mol. The average molecular weight is 211 g/mol. The van der Waals surface area contributed by atoms with Crippen LogP contribution in [-0.2, 0) is 9.31 Å². The summed E-state index contributed by atoms with van der Waals surface area (Å²) in [5.74, 6) is 0. The van der Waals surface area contributed by atoms with Crippen molar-refractivity contribution < 1.29 is 9.31 Å². The van der Waals surface area contributed by atoms with Gasteiger partial charge >= 0.3 is 7.12 Å². The number of hydrogen-bond donors (Lipinski definition) is 0. The third kappa shape index (κ3) is 2.62. The maximum atomic E-state index is 5.88. The summed E-state index contributed by atoms with van der Waals surface area (Å²) < 4.78 is 11.8. The minimum atomic E-state index is -0.280. The van der Waals surface area contributed by atoms with Gasteiger partial charge in [-0.1, -0.05) is 0 Å². The maximum absolute atomic E-state index is 5.88. The normalized spacial score (nSPS) is 23.5. The van der Waals surface area contributed by atoms with Crippen molar-refractivity contribution in [1.82, 2.24) is 4.90 Å². The molecule has 0 aliphatic carbocycles. The van der Waals surface area contributed by atoms with Gasteiger partial charge in [-0.15, -0.1) is 6.58 Å². The van der Waals surface area contributed by atoms with Gasteiger partial charge in [-0.3, -0.25) is 0 Å². The second-order valence-electron chi connectivity index (χ2n) is 5.48. The average Bonchev–Trinajstić information content (AvgIpc) is 2.20. The van der Waals surface area contributed by atoms with Crippen LogP contribution in [0.4, 0.5) is 0 Å². The molecule has 0 spiro atoms. The fourth-order valence-electron chi connectivity index (χ4n) is 1.49. The predicted octanol–water partition coefficient (Wildman–Crippen LogP) is 1.74. The molecule has 0 unspecified atom stereocenters. The van der Waals surface area contributed by atoms with E-state index in [0.29, 0.717) is 0 Å². The first kappa shape index (κ1) is 12.8. The molecule has 0 aromatic rings. The third-order valence-corrected chi connectivity index (χ3v) is 3.11. The molecule has 1 rings (SSSR count). The van der Waals surface area contributed by atoms with Crippen LogP contribution in [0.5, 0.6) is 0 Å². The van der Waals surface area contributed by atoms with Crippen LogP contribution < -0.4 is 0 Å². The molecule has 0 aromatic heterocycles. The summed E-state index contributed by atoms with van der Waals surface area (Å²) in [5, 5.41) is 0. The number of rotatable bonds is 3. The molecule has 15 heavy (non-hydrogen) atoms. The van der Waals surface area contributed by atoms with Crippen molar-refractivity contribution in [2.24, 2.45) is 0 Å². The highest BCUT2D eigenvalue weighted by atomic mass is 16.7. The van der Waals surface area contributed by atoms with Crippen LogP contribution in [0.1, 0.15) is 27.7 Å². The lowest BCUT2D eigenvalue weighted by Crippen LogP contribution is -2.41. The number of hydrogen-bond acceptors (Lipinski definition) is 3. The zero-order valence-electron chi connectivity index (χ0n) is 10.8. The Morgan fingerprint density at radius 3 is 1.87 bits per heavy atom. The van der Waals surface area contributed by atoms with Crippen LogP contribution in [0.2, 0.25) is 0 Å². The van der Waals surface area contributed by atoms with Crippen LogP contribution in [-0.4, -0.2) is 43.9 Å². The maximum Gasteiger partial charge on any atom is 0.491 e. The van der Waals surface area contributed by atoms with Gasteiger partial charge in [0.1, 0.15) is 0 Å². The molecule has 0 bridgehead atoms. The van der Waals surface area contributed by atoms with E-state index in [1.165, 1.54) is 0 Å². The predicted molar refractivity (Wildman–Crippen MR) is 63.8 cm³/mol. The second-order valence-corrected chi connectivity index (χ2v) is 5.48. The Bertz CT molecular complexity index is 245. The Kier molecular flexibility index (Phi) is 3.34. The Morgan fingerprint density at radius 2 is 1.53 bits per heavy atom. The van der Waals surface area contributed by atoms with Gasteiger partial charge in [-0.2, -0.15) is 0 Å². The van der Waals surface area contributed by atoms with Crippen LogP contribution >= 0.6 is 0 Å². The molecule has 1 fully saturated rings. The van der Waals surface area contributed by atoms with E-state index >= 15 is 0 Å². The van der Waals surface area contributed by atoms with E-state index in [0.717, 1.165) is 12.0 Å². The van der Waals surface area contributed by atoms with E-state index in [2.05, 4.69) is 39.2 Å². The minimum absolute atomic E-state index is 0.271. The van der Waals surface area contributed by atoms with Gasteiger partial charge < -0.3 is 14.2 Å². The van der Waals surface area contributed by atoms with E-state index in [4.69, 9.17) is 9.31 Å². The molecule has 4 heteroatoms. The summed E-state index contributed by atoms with van der Waals surface area (Å²) >= 11 is 0. The topological polar surface area (TPSA) is 21.7 Å². The lowest BCUT2D eigenvalue weighted by molar-refractivity contribution is 0.00578. The quantitative estimate of drug-likeness (QED) is 0.663. The number of nitrogens with zero attached hydrogens (tertiary/aromatic N) is 1. The van der Waals surface area contributed by atoms with Crippen molar-refractivity contribution in [3.63, 3.8) is 0 Å². The Balaban J connectivity index is 2.67. The minimum Gasteiger partial charge on any atom is -0.400 e. The molecule has 1 heterocycles. The van der Waals surface area contributed by atoms with Gasteiger partial charge in [0.2, 0.25) is 0 Å². The molecule has 0 aromatic carbocycles. The summed E-state index contributed by atoms with van der Waals surface area (Å²) in [6.07, 6.45) is 0. The summed E-state index contributed by atoms with van der Waals surface area (Å²) in [7, 11) is 3.74. The second kappa shape index (κ2) is 3.93.